The van der Waals surface area contributed by atoms with Gasteiger partial charge in [-0.05, 0) is 30.5 Å². The molecule has 0 saturated carbocycles. The second kappa shape index (κ2) is 8.51. The maximum atomic E-state index is 14.1. The van der Waals surface area contributed by atoms with Crippen molar-refractivity contribution in [1.82, 2.24) is 0 Å². The van der Waals surface area contributed by atoms with E-state index >= 15 is 0 Å². The van der Waals surface area contributed by atoms with Crippen molar-refractivity contribution in [1.29, 1.82) is 0 Å². The van der Waals surface area contributed by atoms with Gasteiger partial charge in [0, 0.05) is 18.4 Å². The third-order valence-electron chi connectivity index (χ3n) is 3.11. The average Bonchev–Trinajstić information content (AvgIpc) is 2.40. The molecule has 1 aromatic carbocycles. The molecule has 0 fully saturated rings. The summed E-state index contributed by atoms with van der Waals surface area (Å²) in [5.41, 5.74) is 0.760. The van der Waals surface area contributed by atoms with Crippen molar-refractivity contribution in [2.75, 3.05) is 18.0 Å². The number of hydrogen-bond acceptors (Lipinski definition) is 1. The van der Waals surface area contributed by atoms with E-state index in [9.17, 15) is 8.78 Å². The third kappa shape index (κ3) is 4.75. The van der Waals surface area contributed by atoms with Gasteiger partial charge in [0.2, 0.25) is 0 Å². The first-order valence-corrected chi connectivity index (χ1v) is 8.05. The van der Waals surface area contributed by atoms with Gasteiger partial charge in [0.1, 0.15) is 17.3 Å². The summed E-state index contributed by atoms with van der Waals surface area (Å²) >= 11 is 3.22. The minimum Gasteiger partial charge on any atom is -0.367 e. The Morgan fingerprint density at radius 1 is 1.00 bits per heavy atom. The molecule has 1 rings (SSSR count). The molecule has 0 heterocycles. The predicted molar refractivity (Wildman–Crippen MR) is 81.0 cm³/mol. The fourth-order valence-corrected chi connectivity index (χ4v) is 2.35. The van der Waals surface area contributed by atoms with Crippen molar-refractivity contribution >= 4 is 21.6 Å². The molecule has 19 heavy (non-hydrogen) atoms. The molecule has 0 aromatic heterocycles. The SMILES string of the molecule is CCCCN(CCCC)c1c(F)cc(CBr)cc1F. The average molecular weight is 334 g/mol. The van der Waals surface area contributed by atoms with Gasteiger partial charge in [-0.1, -0.05) is 42.6 Å². The van der Waals surface area contributed by atoms with Crippen molar-refractivity contribution in [3.8, 4) is 0 Å². The van der Waals surface area contributed by atoms with Crippen LogP contribution in [0.15, 0.2) is 12.1 Å². The Morgan fingerprint density at radius 3 is 1.84 bits per heavy atom. The van der Waals surface area contributed by atoms with Crippen molar-refractivity contribution < 1.29 is 8.78 Å². The van der Waals surface area contributed by atoms with Gasteiger partial charge >= 0.3 is 0 Å². The molecule has 0 aliphatic carbocycles. The summed E-state index contributed by atoms with van der Waals surface area (Å²) in [6.45, 7) is 5.58. The Hall–Kier alpha value is -0.640. The fraction of sp³-hybridized carbons (Fsp3) is 0.600. The van der Waals surface area contributed by atoms with E-state index in [0.29, 0.717) is 24.0 Å². The molecule has 1 aromatic rings. The minimum absolute atomic E-state index is 0.131. The van der Waals surface area contributed by atoms with Crippen LogP contribution in [0.1, 0.15) is 45.1 Å². The fourth-order valence-electron chi connectivity index (χ4n) is 2.03. The lowest BCUT2D eigenvalue weighted by Gasteiger charge is -2.25. The topological polar surface area (TPSA) is 3.24 Å². The van der Waals surface area contributed by atoms with Crippen molar-refractivity contribution in [3.63, 3.8) is 0 Å². The molecule has 0 saturated heterocycles. The zero-order valence-corrected chi connectivity index (χ0v) is 13.3. The van der Waals surface area contributed by atoms with E-state index in [1.54, 1.807) is 0 Å². The van der Waals surface area contributed by atoms with Crippen LogP contribution in [0.3, 0.4) is 0 Å². The van der Waals surface area contributed by atoms with E-state index in [2.05, 4.69) is 29.8 Å². The zero-order valence-electron chi connectivity index (χ0n) is 11.7. The number of halogens is 3. The van der Waals surface area contributed by atoms with Gasteiger partial charge < -0.3 is 4.90 Å². The lowest BCUT2D eigenvalue weighted by Crippen LogP contribution is -2.27. The summed E-state index contributed by atoms with van der Waals surface area (Å²) in [7, 11) is 0. The second-order valence-electron chi connectivity index (χ2n) is 4.74. The molecule has 0 atom stereocenters. The molecule has 0 bridgehead atoms. The lowest BCUT2D eigenvalue weighted by molar-refractivity contribution is 0.559. The maximum absolute atomic E-state index is 14.1. The largest absolute Gasteiger partial charge is 0.367 e. The van der Waals surface area contributed by atoms with E-state index in [4.69, 9.17) is 0 Å². The van der Waals surface area contributed by atoms with Crippen LogP contribution in [0, 0.1) is 11.6 Å². The van der Waals surface area contributed by atoms with Crippen LogP contribution >= 0.6 is 15.9 Å². The Bertz CT molecular complexity index is 365. The number of anilines is 1. The summed E-state index contributed by atoms with van der Waals surface area (Å²) in [5.74, 6) is -0.914. The van der Waals surface area contributed by atoms with Crippen LogP contribution in [0.5, 0.6) is 0 Å². The molecule has 0 aliphatic heterocycles. The van der Waals surface area contributed by atoms with Crippen LogP contribution in [0.4, 0.5) is 14.5 Å². The first-order chi connectivity index (χ1) is 9.13. The number of rotatable bonds is 8. The Labute approximate surface area is 123 Å². The standard InChI is InChI=1S/C15H22BrF2N/c1-3-5-7-19(8-6-4-2)15-13(17)9-12(11-16)10-14(15)18/h9-10H,3-8,11H2,1-2H3. The van der Waals surface area contributed by atoms with Gasteiger partial charge in [0.05, 0.1) is 0 Å². The molecule has 1 nitrogen and oxygen atoms in total. The molecule has 0 radical (unpaired) electrons. The minimum atomic E-state index is -0.457. The second-order valence-corrected chi connectivity index (χ2v) is 5.30. The first-order valence-electron chi connectivity index (χ1n) is 6.92. The molecule has 0 aliphatic rings. The van der Waals surface area contributed by atoms with Crippen LogP contribution in [-0.2, 0) is 5.33 Å². The van der Waals surface area contributed by atoms with E-state index in [-0.39, 0.29) is 5.69 Å². The van der Waals surface area contributed by atoms with Gasteiger partial charge in [-0.25, -0.2) is 8.78 Å². The molecular weight excluding hydrogens is 312 g/mol. The summed E-state index contributed by atoms with van der Waals surface area (Å²) in [6.07, 6.45) is 3.93. The van der Waals surface area contributed by atoms with Crippen LogP contribution in [-0.4, -0.2) is 13.1 Å². The number of hydrogen-bond donors (Lipinski definition) is 0. The van der Waals surface area contributed by atoms with E-state index < -0.39 is 11.6 Å². The van der Waals surface area contributed by atoms with Crippen molar-refractivity contribution in [2.24, 2.45) is 0 Å². The van der Waals surface area contributed by atoms with Gasteiger partial charge in [-0.15, -0.1) is 0 Å². The highest BCUT2D eigenvalue weighted by Gasteiger charge is 2.17. The number of benzene rings is 1. The highest BCUT2D eigenvalue weighted by Crippen LogP contribution is 2.26. The normalized spacial score (nSPS) is 10.8. The Balaban J connectivity index is 2.99. The predicted octanol–water partition coefficient (Wildman–Crippen LogP) is 5.27. The zero-order chi connectivity index (χ0) is 14.3. The summed E-state index contributed by atoms with van der Waals surface area (Å²) in [4.78, 5) is 1.84. The monoisotopic (exact) mass is 333 g/mol. The van der Waals surface area contributed by atoms with Gasteiger partial charge in [0.25, 0.3) is 0 Å². The van der Waals surface area contributed by atoms with Gasteiger partial charge in [-0.2, -0.15) is 0 Å². The lowest BCUT2D eigenvalue weighted by atomic mass is 10.1. The van der Waals surface area contributed by atoms with Crippen molar-refractivity contribution in [3.05, 3.63) is 29.3 Å². The van der Waals surface area contributed by atoms with Gasteiger partial charge in [-0.3, -0.25) is 0 Å². The smallest absolute Gasteiger partial charge is 0.149 e. The van der Waals surface area contributed by atoms with Crippen molar-refractivity contribution in [2.45, 2.75) is 44.9 Å². The number of nitrogens with zero attached hydrogens (tertiary/aromatic N) is 1. The maximum Gasteiger partial charge on any atom is 0.149 e. The Kier molecular flexibility index (Phi) is 7.36. The highest BCUT2D eigenvalue weighted by molar-refractivity contribution is 9.08. The van der Waals surface area contributed by atoms with E-state index in [1.807, 2.05) is 4.90 Å². The van der Waals surface area contributed by atoms with Crippen LogP contribution in [0.25, 0.3) is 0 Å². The molecule has 0 N–H and O–H groups in total. The summed E-state index contributed by atoms with van der Waals surface area (Å²) in [5, 5.41) is 0.463. The molecular formula is C15H22BrF2N. The molecule has 0 spiro atoms. The quantitative estimate of drug-likeness (QED) is 0.586. The highest BCUT2D eigenvalue weighted by atomic mass is 79.9. The number of unbranched alkanes of at least 4 members (excludes halogenated alkanes) is 2. The first kappa shape index (κ1) is 16.4. The molecule has 4 heteroatoms. The summed E-state index contributed by atoms with van der Waals surface area (Å²) in [6, 6.07) is 2.83. The summed E-state index contributed by atoms with van der Waals surface area (Å²) < 4.78 is 28.2. The van der Waals surface area contributed by atoms with Crippen LogP contribution < -0.4 is 4.90 Å². The number of alkyl halides is 1. The Morgan fingerprint density at radius 2 is 1.47 bits per heavy atom. The van der Waals surface area contributed by atoms with E-state index in [0.717, 1.165) is 25.7 Å². The third-order valence-corrected chi connectivity index (χ3v) is 3.76. The molecule has 0 amide bonds. The molecule has 0 unspecified atom stereocenters. The van der Waals surface area contributed by atoms with Crippen LogP contribution in [0.2, 0.25) is 0 Å². The van der Waals surface area contributed by atoms with Gasteiger partial charge in [0.15, 0.2) is 0 Å². The molecule has 108 valence electrons. The van der Waals surface area contributed by atoms with E-state index in [1.165, 1.54) is 12.1 Å².